The van der Waals surface area contributed by atoms with E-state index in [4.69, 9.17) is 0 Å². The van der Waals surface area contributed by atoms with Crippen molar-refractivity contribution in [1.82, 2.24) is 5.43 Å². The van der Waals surface area contributed by atoms with Crippen molar-refractivity contribution in [3.8, 4) is 0 Å². The number of rotatable bonds is 0. The molecule has 0 spiro atoms. The van der Waals surface area contributed by atoms with Crippen LogP contribution in [0.4, 0.5) is 0 Å². The zero-order chi connectivity index (χ0) is 11.0. The van der Waals surface area contributed by atoms with Gasteiger partial charge >= 0.3 is 0 Å². The Balaban J connectivity index is 2.21. The number of aliphatic hydroxyl groups is 1. The number of fused-ring (bicyclic) bond motifs is 3. The highest BCUT2D eigenvalue weighted by Gasteiger charge is 2.26. The van der Waals surface area contributed by atoms with E-state index in [9.17, 15) is 5.11 Å². The van der Waals surface area contributed by atoms with E-state index in [0.717, 1.165) is 36.0 Å². The Kier molecular flexibility index (Phi) is 2.17. The predicted molar refractivity (Wildman–Crippen MR) is 64.4 cm³/mol. The first-order chi connectivity index (χ1) is 7.86. The van der Waals surface area contributed by atoms with Crippen molar-refractivity contribution >= 4 is 11.8 Å². The number of nitrogens with one attached hydrogen (secondary N) is 1. The summed E-state index contributed by atoms with van der Waals surface area (Å²) in [6, 6.07) is 8.24. The number of nitrogens with zero attached hydrogens (tertiary/aromatic N) is 1. The van der Waals surface area contributed by atoms with Crippen LogP contribution in [0.2, 0.25) is 0 Å². The third kappa shape index (κ3) is 1.40. The molecule has 3 rings (SSSR count). The zero-order valence-electron chi connectivity index (χ0n) is 8.98. The van der Waals surface area contributed by atoms with E-state index >= 15 is 0 Å². The molecular formula is C13H14N2O. The molecule has 2 N–H and O–H groups in total. The highest BCUT2D eigenvalue weighted by atomic mass is 16.3. The van der Waals surface area contributed by atoms with Gasteiger partial charge in [-0.15, -0.1) is 0 Å². The lowest BCUT2D eigenvalue weighted by Gasteiger charge is -2.25. The van der Waals surface area contributed by atoms with Crippen LogP contribution in [-0.4, -0.2) is 17.4 Å². The lowest BCUT2D eigenvalue weighted by atomic mass is 9.86. The van der Waals surface area contributed by atoms with Gasteiger partial charge < -0.3 is 10.5 Å². The molecule has 1 heterocycles. The van der Waals surface area contributed by atoms with E-state index in [2.05, 4.69) is 16.6 Å². The monoisotopic (exact) mass is 214 g/mol. The number of hydrogen-bond donors (Lipinski definition) is 2. The van der Waals surface area contributed by atoms with Crippen LogP contribution in [0.3, 0.4) is 0 Å². The molecule has 0 fully saturated rings. The van der Waals surface area contributed by atoms with Gasteiger partial charge in [0.25, 0.3) is 0 Å². The summed E-state index contributed by atoms with van der Waals surface area (Å²) < 4.78 is 0. The molecule has 1 aromatic rings. The number of benzene rings is 1. The van der Waals surface area contributed by atoms with Crippen LogP contribution in [0.1, 0.15) is 30.4 Å². The smallest absolute Gasteiger partial charge is 0.0982 e. The number of hydrogen-bond acceptors (Lipinski definition) is 3. The van der Waals surface area contributed by atoms with Gasteiger partial charge in [0.2, 0.25) is 0 Å². The second kappa shape index (κ2) is 3.67. The first kappa shape index (κ1) is 9.46. The quantitative estimate of drug-likeness (QED) is 0.696. The molecule has 1 aliphatic carbocycles. The highest BCUT2D eigenvalue weighted by molar-refractivity contribution is 5.91. The van der Waals surface area contributed by atoms with Gasteiger partial charge in [-0.05, 0) is 18.4 Å². The molecule has 0 bridgehead atoms. The third-order valence-electron chi connectivity index (χ3n) is 3.25. The van der Waals surface area contributed by atoms with Crippen LogP contribution < -0.4 is 5.43 Å². The van der Waals surface area contributed by atoms with Crippen molar-refractivity contribution < 1.29 is 5.11 Å². The van der Waals surface area contributed by atoms with E-state index < -0.39 is 0 Å². The van der Waals surface area contributed by atoms with E-state index in [0.29, 0.717) is 5.76 Å². The fraction of sp³-hybridized carbons (Fsp3) is 0.308. The van der Waals surface area contributed by atoms with Gasteiger partial charge in [0.1, 0.15) is 0 Å². The minimum absolute atomic E-state index is 0.161. The second-order valence-corrected chi connectivity index (χ2v) is 4.28. The summed E-state index contributed by atoms with van der Waals surface area (Å²) in [5, 5.41) is 14.3. The highest BCUT2D eigenvalue weighted by Crippen LogP contribution is 2.33. The first-order valence-corrected chi connectivity index (χ1v) is 5.66. The van der Waals surface area contributed by atoms with Gasteiger partial charge in [0.15, 0.2) is 0 Å². The van der Waals surface area contributed by atoms with Crippen molar-refractivity contribution in [2.24, 2.45) is 5.10 Å². The summed E-state index contributed by atoms with van der Waals surface area (Å²) in [5.74, 6) is 0.515. The molecule has 0 aromatic heterocycles. The lowest BCUT2D eigenvalue weighted by Crippen LogP contribution is -2.28. The average molecular weight is 214 g/mol. The summed E-state index contributed by atoms with van der Waals surface area (Å²) in [5.41, 5.74) is 6.32. The van der Waals surface area contributed by atoms with Crippen molar-refractivity contribution in [1.29, 1.82) is 0 Å². The minimum atomic E-state index is 0.161. The summed E-state index contributed by atoms with van der Waals surface area (Å²) in [6.07, 6.45) is 4.66. The summed E-state index contributed by atoms with van der Waals surface area (Å²) >= 11 is 0. The molecule has 1 unspecified atom stereocenters. The zero-order valence-corrected chi connectivity index (χ0v) is 8.98. The fourth-order valence-corrected chi connectivity index (χ4v) is 2.48. The Morgan fingerprint density at radius 3 is 3.12 bits per heavy atom. The Bertz CT molecular complexity index is 477. The Morgan fingerprint density at radius 1 is 1.31 bits per heavy atom. The summed E-state index contributed by atoms with van der Waals surface area (Å²) in [4.78, 5) is 0. The average Bonchev–Trinajstić information content (AvgIpc) is 2.49. The van der Waals surface area contributed by atoms with Crippen LogP contribution in [0.15, 0.2) is 35.1 Å². The topological polar surface area (TPSA) is 44.6 Å². The molecule has 82 valence electrons. The normalized spacial score (nSPS) is 23.1. The molecule has 0 saturated carbocycles. The Morgan fingerprint density at radius 2 is 2.19 bits per heavy atom. The van der Waals surface area contributed by atoms with Crippen LogP contribution in [0, 0.1) is 0 Å². The third-order valence-corrected chi connectivity index (χ3v) is 3.25. The molecule has 0 radical (unpaired) electrons. The largest absolute Gasteiger partial charge is 0.512 e. The predicted octanol–water partition coefficient (Wildman–Crippen LogP) is 2.45. The number of hydrazone groups is 1. The number of aliphatic hydroxyl groups excluding tert-OH is 1. The maximum absolute atomic E-state index is 10.1. The fourth-order valence-electron chi connectivity index (χ4n) is 2.48. The SMILES string of the molecule is OC1=C2c3ccccc3C=NNC2CCC1. The second-order valence-electron chi connectivity index (χ2n) is 4.28. The van der Waals surface area contributed by atoms with Crippen molar-refractivity contribution in [3.05, 3.63) is 41.2 Å². The molecule has 2 aliphatic rings. The number of allylic oxidation sites excluding steroid dienone is 1. The summed E-state index contributed by atoms with van der Waals surface area (Å²) in [7, 11) is 0. The van der Waals surface area contributed by atoms with Crippen LogP contribution in [0.25, 0.3) is 5.57 Å². The molecule has 0 amide bonds. The maximum atomic E-state index is 10.1. The molecule has 1 atom stereocenters. The van der Waals surface area contributed by atoms with Crippen LogP contribution in [0.5, 0.6) is 0 Å². The van der Waals surface area contributed by atoms with Crippen LogP contribution in [-0.2, 0) is 0 Å². The van der Waals surface area contributed by atoms with Gasteiger partial charge in [-0.2, -0.15) is 5.10 Å². The van der Waals surface area contributed by atoms with E-state index in [1.807, 2.05) is 24.4 Å². The van der Waals surface area contributed by atoms with Gasteiger partial charge in [-0.3, -0.25) is 0 Å². The Labute approximate surface area is 94.5 Å². The maximum Gasteiger partial charge on any atom is 0.0982 e. The summed E-state index contributed by atoms with van der Waals surface area (Å²) in [6.45, 7) is 0. The molecule has 16 heavy (non-hydrogen) atoms. The molecule has 1 aromatic carbocycles. The molecule has 3 heteroatoms. The standard InChI is InChI=1S/C13H14N2O/c16-12-7-3-6-11-13(12)10-5-2-1-4-9(10)8-14-15-11/h1-2,4-5,8,11,15-16H,3,6-7H2. The van der Waals surface area contributed by atoms with E-state index in [1.54, 1.807) is 0 Å². The van der Waals surface area contributed by atoms with Crippen LogP contribution >= 0.6 is 0 Å². The van der Waals surface area contributed by atoms with Crippen molar-refractivity contribution in [2.45, 2.75) is 25.3 Å². The van der Waals surface area contributed by atoms with Gasteiger partial charge in [-0.1, -0.05) is 24.3 Å². The molecule has 1 aliphatic heterocycles. The Hall–Kier alpha value is -1.77. The molecule has 0 saturated heterocycles. The van der Waals surface area contributed by atoms with Crippen molar-refractivity contribution in [2.75, 3.05) is 0 Å². The molecular weight excluding hydrogens is 200 g/mol. The van der Waals surface area contributed by atoms with Crippen molar-refractivity contribution in [3.63, 3.8) is 0 Å². The van der Waals surface area contributed by atoms with E-state index in [1.165, 1.54) is 0 Å². The molecule has 3 nitrogen and oxygen atoms in total. The van der Waals surface area contributed by atoms with E-state index in [-0.39, 0.29) is 6.04 Å². The minimum Gasteiger partial charge on any atom is -0.512 e. The van der Waals surface area contributed by atoms with Gasteiger partial charge in [-0.25, -0.2) is 0 Å². The van der Waals surface area contributed by atoms with Gasteiger partial charge in [0.05, 0.1) is 18.0 Å². The van der Waals surface area contributed by atoms with Gasteiger partial charge in [0, 0.05) is 17.6 Å². The first-order valence-electron chi connectivity index (χ1n) is 5.66. The lowest BCUT2D eigenvalue weighted by molar-refractivity contribution is 0.361.